The zero-order valence-corrected chi connectivity index (χ0v) is 9.58. The second-order valence-corrected chi connectivity index (χ2v) is 4.67. The zero-order valence-electron chi connectivity index (χ0n) is 9.58. The minimum absolute atomic E-state index is 0.184. The molecule has 14 heavy (non-hydrogen) atoms. The maximum absolute atomic E-state index is 10.9. The summed E-state index contributed by atoms with van der Waals surface area (Å²) in [5.74, 6) is 1.07. The van der Waals surface area contributed by atoms with Crippen LogP contribution < -0.4 is 0 Å². The summed E-state index contributed by atoms with van der Waals surface area (Å²) in [4.78, 5) is 10.9. The molecule has 0 saturated heterocycles. The first-order chi connectivity index (χ1) is 6.54. The lowest BCUT2D eigenvalue weighted by Gasteiger charge is -2.28. The van der Waals surface area contributed by atoms with Crippen molar-refractivity contribution in [2.45, 2.75) is 34.1 Å². The fraction of sp³-hybridized carbons (Fsp3) is 0.615. The van der Waals surface area contributed by atoms with Crippen LogP contribution in [0.1, 0.15) is 34.1 Å². The Labute approximate surface area is 86.9 Å². The standard InChI is InChI=1S/C13H20O/c1-9(2)5-12-6-10(3)11(4)7-13(12)8-14/h5-6,8,11-13H,7H2,1-4H3/t11-,12-,13+/m1/s1. The van der Waals surface area contributed by atoms with Crippen molar-refractivity contribution >= 4 is 6.29 Å². The third-order valence-electron chi connectivity index (χ3n) is 3.05. The van der Waals surface area contributed by atoms with Gasteiger partial charge < -0.3 is 4.79 Å². The van der Waals surface area contributed by atoms with E-state index in [2.05, 4.69) is 39.8 Å². The summed E-state index contributed by atoms with van der Waals surface area (Å²) in [6.07, 6.45) is 6.57. The molecule has 0 unspecified atom stereocenters. The van der Waals surface area contributed by atoms with Gasteiger partial charge in [0.1, 0.15) is 6.29 Å². The van der Waals surface area contributed by atoms with Gasteiger partial charge in [0.25, 0.3) is 0 Å². The van der Waals surface area contributed by atoms with Gasteiger partial charge in [-0.1, -0.05) is 30.2 Å². The van der Waals surface area contributed by atoms with Crippen molar-refractivity contribution in [3.8, 4) is 0 Å². The summed E-state index contributed by atoms with van der Waals surface area (Å²) < 4.78 is 0. The van der Waals surface area contributed by atoms with Gasteiger partial charge in [0, 0.05) is 11.8 Å². The van der Waals surface area contributed by atoms with Crippen LogP contribution in [-0.4, -0.2) is 6.29 Å². The number of rotatable bonds is 2. The zero-order chi connectivity index (χ0) is 10.7. The van der Waals surface area contributed by atoms with Gasteiger partial charge in [0.15, 0.2) is 0 Å². The summed E-state index contributed by atoms with van der Waals surface area (Å²) in [5.41, 5.74) is 2.71. The Morgan fingerprint density at radius 3 is 2.64 bits per heavy atom. The van der Waals surface area contributed by atoms with Gasteiger partial charge in [-0.2, -0.15) is 0 Å². The van der Waals surface area contributed by atoms with Gasteiger partial charge >= 0.3 is 0 Å². The summed E-state index contributed by atoms with van der Waals surface area (Å²) in [6.45, 7) is 8.53. The molecule has 0 aromatic carbocycles. The van der Waals surface area contributed by atoms with Crippen molar-refractivity contribution < 1.29 is 4.79 Å². The number of hydrogen-bond donors (Lipinski definition) is 0. The molecule has 0 heterocycles. The van der Waals surface area contributed by atoms with Gasteiger partial charge in [0.2, 0.25) is 0 Å². The van der Waals surface area contributed by atoms with Gasteiger partial charge in [-0.3, -0.25) is 0 Å². The Balaban J connectivity index is 2.90. The maximum Gasteiger partial charge on any atom is 0.123 e. The van der Waals surface area contributed by atoms with Crippen molar-refractivity contribution in [2.24, 2.45) is 17.8 Å². The molecule has 1 heteroatoms. The topological polar surface area (TPSA) is 17.1 Å². The molecule has 0 radical (unpaired) electrons. The summed E-state index contributed by atoms with van der Waals surface area (Å²) in [5, 5.41) is 0. The highest BCUT2D eigenvalue weighted by atomic mass is 16.1. The average molecular weight is 192 g/mol. The van der Waals surface area contributed by atoms with E-state index in [1.54, 1.807) is 0 Å². The minimum Gasteiger partial charge on any atom is -0.303 e. The Kier molecular flexibility index (Phi) is 3.68. The van der Waals surface area contributed by atoms with Crippen LogP contribution >= 0.6 is 0 Å². The van der Waals surface area contributed by atoms with E-state index in [1.807, 2.05) is 0 Å². The van der Waals surface area contributed by atoms with E-state index in [0.717, 1.165) is 12.7 Å². The van der Waals surface area contributed by atoms with Gasteiger partial charge in [-0.05, 0) is 33.1 Å². The number of aldehydes is 1. The molecular formula is C13H20O. The van der Waals surface area contributed by atoms with Crippen molar-refractivity contribution in [2.75, 3.05) is 0 Å². The monoisotopic (exact) mass is 192 g/mol. The molecule has 3 atom stereocenters. The molecule has 0 aliphatic heterocycles. The molecule has 1 aliphatic carbocycles. The van der Waals surface area contributed by atoms with Crippen LogP contribution in [0.4, 0.5) is 0 Å². The normalized spacial score (nSPS) is 32.0. The van der Waals surface area contributed by atoms with E-state index in [-0.39, 0.29) is 5.92 Å². The van der Waals surface area contributed by atoms with Crippen LogP contribution in [0.5, 0.6) is 0 Å². The molecule has 0 saturated carbocycles. The number of carbonyl (C=O) groups is 1. The number of hydrogen-bond acceptors (Lipinski definition) is 1. The predicted molar refractivity (Wildman–Crippen MR) is 60.0 cm³/mol. The van der Waals surface area contributed by atoms with Crippen LogP contribution in [0.25, 0.3) is 0 Å². The largest absolute Gasteiger partial charge is 0.303 e. The van der Waals surface area contributed by atoms with E-state index < -0.39 is 0 Å². The SMILES string of the molecule is CC(C)=C[C@@H]1C=C(C)[C@H](C)C[C@H]1C=O. The first-order valence-electron chi connectivity index (χ1n) is 5.33. The third kappa shape index (κ3) is 2.57. The smallest absolute Gasteiger partial charge is 0.123 e. The van der Waals surface area contributed by atoms with Gasteiger partial charge in [-0.25, -0.2) is 0 Å². The van der Waals surface area contributed by atoms with E-state index >= 15 is 0 Å². The third-order valence-corrected chi connectivity index (χ3v) is 3.05. The Hall–Kier alpha value is -0.850. The van der Waals surface area contributed by atoms with Crippen LogP contribution in [-0.2, 0) is 4.79 Å². The summed E-state index contributed by atoms with van der Waals surface area (Å²) >= 11 is 0. The van der Waals surface area contributed by atoms with Crippen molar-refractivity contribution in [3.63, 3.8) is 0 Å². The van der Waals surface area contributed by atoms with Crippen LogP contribution in [0.15, 0.2) is 23.3 Å². The lowest BCUT2D eigenvalue weighted by atomic mass is 9.76. The first-order valence-corrected chi connectivity index (χ1v) is 5.33. The molecule has 78 valence electrons. The van der Waals surface area contributed by atoms with E-state index in [0.29, 0.717) is 11.8 Å². The Bertz CT molecular complexity index is 269. The lowest BCUT2D eigenvalue weighted by molar-refractivity contribution is -0.112. The molecule has 0 bridgehead atoms. The molecule has 0 aromatic rings. The van der Waals surface area contributed by atoms with Crippen molar-refractivity contribution in [1.82, 2.24) is 0 Å². The molecule has 0 aromatic heterocycles. The van der Waals surface area contributed by atoms with Gasteiger partial charge in [-0.15, -0.1) is 0 Å². The van der Waals surface area contributed by atoms with Crippen LogP contribution in [0.2, 0.25) is 0 Å². The van der Waals surface area contributed by atoms with E-state index in [4.69, 9.17) is 0 Å². The molecular weight excluding hydrogens is 172 g/mol. The van der Waals surface area contributed by atoms with Crippen LogP contribution in [0.3, 0.4) is 0 Å². The predicted octanol–water partition coefficient (Wildman–Crippen LogP) is 3.37. The first kappa shape index (κ1) is 11.2. The molecule has 0 N–H and O–H groups in total. The molecule has 1 aliphatic rings. The van der Waals surface area contributed by atoms with Crippen molar-refractivity contribution in [3.05, 3.63) is 23.3 Å². The molecule has 0 spiro atoms. The van der Waals surface area contributed by atoms with Crippen LogP contribution in [0, 0.1) is 17.8 Å². The highest BCUT2D eigenvalue weighted by Gasteiger charge is 2.25. The van der Waals surface area contributed by atoms with Gasteiger partial charge in [0.05, 0.1) is 0 Å². The molecule has 1 nitrogen and oxygen atoms in total. The quantitative estimate of drug-likeness (QED) is 0.484. The average Bonchev–Trinajstić information content (AvgIpc) is 2.10. The minimum atomic E-state index is 0.184. The fourth-order valence-corrected chi connectivity index (χ4v) is 2.05. The molecule has 1 rings (SSSR count). The Morgan fingerprint density at radius 2 is 2.14 bits per heavy atom. The highest BCUT2D eigenvalue weighted by molar-refractivity contribution is 5.56. The lowest BCUT2D eigenvalue weighted by Crippen LogP contribution is -2.22. The highest BCUT2D eigenvalue weighted by Crippen LogP contribution is 2.32. The van der Waals surface area contributed by atoms with Crippen molar-refractivity contribution in [1.29, 1.82) is 0 Å². The fourth-order valence-electron chi connectivity index (χ4n) is 2.05. The molecule has 0 fully saturated rings. The summed E-state index contributed by atoms with van der Waals surface area (Å²) in [7, 11) is 0. The number of carbonyl (C=O) groups excluding carboxylic acids is 1. The Morgan fingerprint density at radius 1 is 1.50 bits per heavy atom. The number of allylic oxidation sites excluding steroid dienone is 4. The molecule has 0 amide bonds. The second-order valence-electron chi connectivity index (χ2n) is 4.67. The van der Waals surface area contributed by atoms with E-state index in [9.17, 15) is 4.79 Å². The van der Waals surface area contributed by atoms with E-state index in [1.165, 1.54) is 11.1 Å². The maximum atomic E-state index is 10.9. The summed E-state index contributed by atoms with van der Waals surface area (Å²) in [6, 6.07) is 0. The second kappa shape index (κ2) is 4.59.